The summed E-state index contributed by atoms with van der Waals surface area (Å²) in [6.45, 7) is 2.16. The maximum Gasteiger partial charge on any atom is 0 e. The molecule has 8 rings (SSSR count). The van der Waals surface area contributed by atoms with Gasteiger partial charge in [-0.1, -0.05) is 0 Å². The molecule has 4 aromatic carbocycles. The summed E-state index contributed by atoms with van der Waals surface area (Å²) >= 11 is -2.52. The van der Waals surface area contributed by atoms with Gasteiger partial charge in [0.15, 0.2) is 0 Å². The number of benzene rings is 4. The molecule has 0 amide bonds. The van der Waals surface area contributed by atoms with Crippen LogP contribution >= 0.6 is 0 Å². The van der Waals surface area contributed by atoms with E-state index in [-0.39, 0.29) is 21.1 Å². The van der Waals surface area contributed by atoms with Crippen molar-refractivity contribution in [1.82, 2.24) is 9.55 Å². The minimum absolute atomic E-state index is 0. The molecular weight excluding hydrogens is 736 g/mol. The molecule has 0 atom stereocenters. The van der Waals surface area contributed by atoms with Gasteiger partial charge < -0.3 is 0 Å². The Morgan fingerprint density at radius 1 is 0.800 bits per heavy atom. The van der Waals surface area contributed by atoms with E-state index in [1.54, 1.807) is 0 Å². The predicted molar refractivity (Wildman–Crippen MR) is 161 cm³/mol. The van der Waals surface area contributed by atoms with Gasteiger partial charge in [0.2, 0.25) is 0 Å². The second-order valence-electron chi connectivity index (χ2n) is 10.7. The summed E-state index contributed by atoms with van der Waals surface area (Å²) in [5, 5.41) is 2.28. The quantitative estimate of drug-likeness (QED) is 0.154. The second-order valence-corrected chi connectivity index (χ2v) is 19.8. The SMILES string of the molecule is CN1[CH-]N2c3[c-]c(Oc4[c-]c5c(cc4)c4ccccc4n5-c4ccccn4)cc[c]3[Ge]([CH3])([CH3])[c]3cccc1c32.[Pt]. The summed E-state index contributed by atoms with van der Waals surface area (Å²) in [5.41, 5.74) is 5.69. The Balaban J connectivity index is 0.00000264. The van der Waals surface area contributed by atoms with Crippen LogP contribution in [0.3, 0.4) is 0 Å². The number of hydrogen-bond acceptors (Lipinski definition) is 4. The van der Waals surface area contributed by atoms with Gasteiger partial charge in [0.25, 0.3) is 0 Å². The molecule has 2 aromatic heterocycles. The normalized spacial score (nSPS) is 14.7. The minimum atomic E-state index is -2.52. The van der Waals surface area contributed by atoms with E-state index in [9.17, 15) is 0 Å². The number of ether oxygens (including phenoxy) is 1. The van der Waals surface area contributed by atoms with Crippen molar-refractivity contribution in [2.24, 2.45) is 0 Å². The van der Waals surface area contributed by atoms with Gasteiger partial charge in [0.1, 0.15) is 0 Å². The molecule has 7 heteroatoms. The fourth-order valence-corrected chi connectivity index (χ4v) is 12.3. The van der Waals surface area contributed by atoms with Crippen LogP contribution in [-0.4, -0.2) is 29.9 Å². The van der Waals surface area contributed by atoms with E-state index in [0.29, 0.717) is 11.5 Å². The molecule has 0 radical (unpaired) electrons. The van der Waals surface area contributed by atoms with E-state index in [1.807, 2.05) is 30.5 Å². The van der Waals surface area contributed by atoms with Crippen LogP contribution in [0.1, 0.15) is 0 Å². The van der Waals surface area contributed by atoms with Crippen molar-refractivity contribution in [3.63, 3.8) is 0 Å². The summed E-state index contributed by atoms with van der Waals surface area (Å²) < 4.78 is 11.5. The van der Waals surface area contributed by atoms with Crippen molar-refractivity contribution >= 4 is 60.9 Å². The molecule has 200 valence electrons. The molecule has 0 N–H and O–H groups in total. The zero-order valence-electron chi connectivity index (χ0n) is 22.3. The van der Waals surface area contributed by atoms with Crippen molar-refractivity contribution < 1.29 is 25.8 Å². The number of pyridine rings is 1. The summed E-state index contributed by atoms with van der Waals surface area (Å²) in [5.74, 6) is 7.13. The number of rotatable bonds is 3. The largest absolute Gasteiger partial charge is 0 e. The summed E-state index contributed by atoms with van der Waals surface area (Å²) in [4.78, 5) is 9.12. The van der Waals surface area contributed by atoms with Crippen LogP contribution in [0.4, 0.5) is 17.1 Å². The molecule has 2 aliphatic heterocycles. The molecular formula is C33H25GeN4OPt-3. The summed E-state index contributed by atoms with van der Waals surface area (Å²) in [6.07, 6.45) is 1.82. The van der Waals surface area contributed by atoms with E-state index in [4.69, 9.17) is 4.74 Å². The Hall–Kier alpha value is -3.54. The average Bonchev–Trinajstić information content (AvgIpc) is 3.47. The van der Waals surface area contributed by atoms with Crippen molar-refractivity contribution in [3.05, 3.63) is 110 Å². The van der Waals surface area contributed by atoms with Crippen LogP contribution in [0.2, 0.25) is 11.5 Å². The Labute approximate surface area is 250 Å². The van der Waals surface area contributed by atoms with E-state index < -0.39 is 13.3 Å². The minimum Gasteiger partial charge on any atom is 0 e. The zero-order chi connectivity index (χ0) is 26.3. The van der Waals surface area contributed by atoms with Gasteiger partial charge >= 0.3 is 225 Å². The number of aromatic nitrogens is 2. The van der Waals surface area contributed by atoms with Gasteiger partial charge in [-0.25, -0.2) is 0 Å². The molecule has 0 spiro atoms. The van der Waals surface area contributed by atoms with E-state index >= 15 is 0 Å². The molecule has 0 unspecified atom stereocenters. The molecule has 0 fully saturated rings. The molecule has 2 aliphatic rings. The van der Waals surface area contributed by atoms with Crippen molar-refractivity contribution in [1.29, 1.82) is 0 Å². The van der Waals surface area contributed by atoms with Crippen molar-refractivity contribution in [2.75, 3.05) is 16.8 Å². The van der Waals surface area contributed by atoms with Gasteiger partial charge in [-0.15, -0.1) is 0 Å². The van der Waals surface area contributed by atoms with Gasteiger partial charge in [0, 0.05) is 21.1 Å². The molecule has 40 heavy (non-hydrogen) atoms. The van der Waals surface area contributed by atoms with Crippen LogP contribution in [0.5, 0.6) is 11.5 Å². The van der Waals surface area contributed by atoms with Gasteiger partial charge in [-0.3, -0.25) is 0 Å². The van der Waals surface area contributed by atoms with Crippen LogP contribution in [-0.2, 0) is 21.1 Å². The Kier molecular flexibility index (Phi) is 5.88. The number of anilines is 3. The molecule has 6 aromatic rings. The van der Waals surface area contributed by atoms with Gasteiger partial charge in [0.05, 0.1) is 0 Å². The molecule has 0 aliphatic carbocycles. The van der Waals surface area contributed by atoms with Gasteiger partial charge in [-0.05, 0) is 6.07 Å². The topological polar surface area (TPSA) is 33.5 Å². The first-order valence-corrected chi connectivity index (χ1v) is 19.4. The van der Waals surface area contributed by atoms with Crippen LogP contribution in [0, 0.1) is 18.8 Å². The molecule has 0 saturated carbocycles. The van der Waals surface area contributed by atoms with Crippen molar-refractivity contribution in [3.8, 4) is 17.3 Å². The van der Waals surface area contributed by atoms with E-state index in [0.717, 1.165) is 27.9 Å². The Morgan fingerprint density at radius 3 is 2.45 bits per heavy atom. The first kappa shape index (κ1) is 25.4. The summed E-state index contributed by atoms with van der Waals surface area (Å²) in [7, 11) is 2.11. The number of hydrogen-bond donors (Lipinski definition) is 0. The van der Waals surface area contributed by atoms with E-state index in [1.165, 1.54) is 25.6 Å². The molecule has 0 bridgehead atoms. The average molecular weight is 761 g/mol. The fourth-order valence-electron chi connectivity index (χ4n) is 6.17. The maximum atomic E-state index is 6.45. The van der Waals surface area contributed by atoms with Crippen molar-refractivity contribution in [2.45, 2.75) is 11.5 Å². The van der Waals surface area contributed by atoms with Gasteiger partial charge in [-0.2, -0.15) is 0 Å². The molecule has 4 heterocycles. The third-order valence-electron chi connectivity index (χ3n) is 8.07. The van der Waals surface area contributed by atoms with Crippen LogP contribution in [0.15, 0.2) is 91.1 Å². The van der Waals surface area contributed by atoms with E-state index in [2.05, 4.69) is 117 Å². The monoisotopic (exact) mass is 762 g/mol. The third kappa shape index (κ3) is 3.60. The first-order valence-electron chi connectivity index (χ1n) is 13.1. The fraction of sp³-hybridized carbons (Fsp3) is 0.0909. The first-order chi connectivity index (χ1) is 19.0. The number of nitrogens with zero attached hydrogens (tertiary/aromatic N) is 4. The second kappa shape index (κ2) is 9.25. The zero-order valence-corrected chi connectivity index (χ0v) is 26.6. The van der Waals surface area contributed by atoms with Crippen LogP contribution < -0.4 is 23.3 Å². The Morgan fingerprint density at radius 2 is 1.60 bits per heavy atom. The third-order valence-corrected chi connectivity index (χ3v) is 15.4. The predicted octanol–water partition coefficient (Wildman–Crippen LogP) is 6.41. The molecule has 5 nitrogen and oxygen atoms in total. The Bertz CT molecular complexity index is 1930. The smallest absolute Gasteiger partial charge is 0 e. The standard InChI is InChI=1S/C33H25GeN4O.Pt/c1-34(2)26-17-15-23(20-31(26)37-21-36(3)29-12-8-10-27(34)33(29)37)39-22-14-16-25-24-9-4-5-11-28(24)38(30(25)19-22)32-13-6-7-18-35-32;/h4-18,21H,1-3H3;/q-3;. The number of fused-ring (bicyclic) bond motifs is 5. The van der Waals surface area contributed by atoms with Crippen LogP contribution in [0.25, 0.3) is 27.6 Å². The maximum absolute atomic E-state index is 6.45. The molecule has 0 saturated heterocycles. The number of para-hydroxylation sites is 2. The summed E-state index contributed by atoms with van der Waals surface area (Å²) in [6, 6.07) is 36.7.